The van der Waals surface area contributed by atoms with Crippen molar-refractivity contribution >= 4 is 5.97 Å². The summed E-state index contributed by atoms with van der Waals surface area (Å²) in [5.74, 6) is 0.376. The first-order valence-electron chi connectivity index (χ1n) is 10.1. The molecule has 0 amide bonds. The molecule has 0 aromatic heterocycles. The maximum absolute atomic E-state index is 10.5. The molecule has 5 heteroatoms. The summed E-state index contributed by atoms with van der Waals surface area (Å²) in [7, 11) is 0. The van der Waals surface area contributed by atoms with E-state index in [-0.39, 0.29) is 18.6 Å². The van der Waals surface area contributed by atoms with Gasteiger partial charge in [-0.05, 0) is 63.2 Å². The van der Waals surface area contributed by atoms with E-state index < -0.39 is 12.1 Å². The van der Waals surface area contributed by atoms with Gasteiger partial charge >= 0.3 is 5.97 Å². The van der Waals surface area contributed by atoms with E-state index in [1.807, 2.05) is 19.1 Å². The molecule has 0 aromatic carbocycles. The quantitative estimate of drug-likeness (QED) is 0.364. The molecule has 2 saturated heterocycles. The Balaban J connectivity index is 1.77. The molecule has 3 N–H and O–H groups in total. The van der Waals surface area contributed by atoms with Crippen LogP contribution < -0.4 is 0 Å². The van der Waals surface area contributed by atoms with Crippen molar-refractivity contribution in [3.8, 4) is 0 Å². The zero-order valence-corrected chi connectivity index (χ0v) is 15.8. The Hall–Kier alpha value is -1.17. The first-order chi connectivity index (χ1) is 12.5. The van der Waals surface area contributed by atoms with Crippen LogP contribution in [0, 0.1) is 11.8 Å². The van der Waals surface area contributed by atoms with E-state index in [0.29, 0.717) is 43.6 Å². The molecule has 1 saturated carbocycles. The Morgan fingerprint density at radius 1 is 1.23 bits per heavy atom. The molecule has 2 aliphatic heterocycles. The molecule has 0 aromatic rings. The summed E-state index contributed by atoms with van der Waals surface area (Å²) in [6.07, 6.45) is 14.4. The minimum absolute atomic E-state index is 0.0434. The van der Waals surface area contributed by atoms with Crippen molar-refractivity contribution in [2.45, 2.75) is 89.1 Å². The average molecular weight is 366 g/mol. The maximum atomic E-state index is 10.5. The molecule has 4 atom stereocenters. The van der Waals surface area contributed by atoms with E-state index >= 15 is 0 Å². The van der Waals surface area contributed by atoms with Crippen LogP contribution >= 0.6 is 0 Å². The molecule has 3 fully saturated rings. The third-order valence-electron chi connectivity index (χ3n) is 5.63. The summed E-state index contributed by atoms with van der Waals surface area (Å²) in [5, 5.41) is 28.3. The molecular formula is C21H34O5. The molecule has 0 spiro atoms. The van der Waals surface area contributed by atoms with Crippen LogP contribution in [0.25, 0.3) is 0 Å². The Morgan fingerprint density at radius 3 is 2.69 bits per heavy atom. The number of hydrogen-bond acceptors (Lipinski definition) is 4. The maximum Gasteiger partial charge on any atom is 0.303 e. The van der Waals surface area contributed by atoms with Gasteiger partial charge in [0.25, 0.3) is 0 Å². The third kappa shape index (κ3) is 6.86. The van der Waals surface area contributed by atoms with Gasteiger partial charge in [-0.1, -0.05) is 31.2 Å². The molecule has 5 nitrogen and oxygen atoms in total. The van der Waals surface area contributed by atoms with E-state index in [2.05, 4.69) is 12.2 Å². The van der Waals surface area contributed by atoms with Crippen molar-refractivity contribution in [2.24, 2.45) is 11.8 Å². The number of rotatable bonds is 12. The lowest BCUT2D eigenvalue weighted by Gasteiger charge is -2.50. The van der Waals surface area contributed by atoms with Gasteiger partial charge in [0.2, 0.25) is 0 Å². The van der Waals surface area contributed by atoms with E-state index in [1.165, 1.54) is 0 Å². The Bertz CT molecular complexity index is 481. The van der Waals surface area contributed by atoms with E-state index in [9.17, 15) is 15.0 Å². The number of fused-ring (bicyclic) bond motifs is 2. The summed E-state index contributed by atoms with van der Waals surface area (Å²) in [6, 6.07) is 0. The number of carbonyl (C=O) groups is 1. The number of hydrogen-bond donors (Lipinski definition) is 3. The predicted molar refractivity (Wildman–Crippen MR) is 101 cm³/mol. The predicted octanol–water partition coefficient (Wildman–Crippen LogP) is 3.45. The van der Waals surface area contributed by atoms with Crippen LogP contribution in [-0.2, 0) is 9.53 Å². The summed E-state index contributed by atoms with van der Waals surface area (Å²) in [5.41, 5.74) is 0. The second-order valence-corrected chi connectivity index (χ2v) is 7.70. The van der Waals surface area contributed by atoms with Crippen LogP contribution in [-0.4, -0.2) is 45.7 Å². The Morgan fingerprint density at radius 2 is 2.00 bits per heavy atom. The summed E-state index contributed by atoms with van der Waals surface area (Å²) in [6.45, 7) is 1.94. The smallest absolute Gasteiger partial charge is 0.303 e. The van der Waals surface area contributed by atoms with Crippen molar-refractivity contribution in [1.29, 1.82) is 0 Å². The van der Waals surface area contributed by atoms with Crippen molar-refractivity contribution in [1.82, 2.24) is 0 Å². The first-order valence-corrected chi connectivity index (χ1v) is 10.1. The number of ether oxygens (including phenoxy) is 1. The highest BCUT2D eigenvalue weighted by molar-refractivity contribution is 5.66. The van der Waals surface area contributed by atoms with Crippen LogP contribution in [0.4, 0.5) is 0 Å². The highest BCUT2D eigenvalue weighted by atomic mass is 16.5. The van der Waals surface area contributed by atoms with Gasteiger partial charge in [0.15, 0.2) is 0 Å². The lowest BCUT2D eigenvalue weighted by Crippen LogP contribution is -2.49. The molecule has 1 aliphatic carbocycles. The minimum atomic E-state index is -0.741. The SMILES string of the molecule is CCC(O)CC[C@H](O)/C=C/[C@H]1OC2CC(C2)[C@@H]1C/C=C\CCCC(=O)O. The fraction of sp³-hybridized carbons (Fsp3) is 0.762. The van der Waals surface area contributed by atoms with Gasteiger partial charge in [0, 0.05) is 6.42 Å². The number of aliphatic hydroxyl groups excluding tert-OH is 2. The average Bonchev–Trinajstić information content (AvgIpc) is 2.59. The minimum Gasteiger partial charge on any atom is -0.481 e. The summed E-state index contributed by atoms with van der Waals surface area (Å²) >= 11 is 0. The molecule has 3 rings (SSSR count). The standard InChI is InChI=1S/C21H34O5/c1-2-16(22)9-10-17(23)11-12-20-19(15-13-18(14-15)26-20)7-5-3-4-6-8-21(24)25/h3,5,11-12,15-20,22-23H,2,4,6-10,13-14H2,1H3,(H,24,25)/b5-3-,12-11+/t15?,16?,17-,18?,19-,20+/m0/s1. The second kappa shape index (κ2) is 10.9. The molecular weight excluding hydrogens is 332 g/mol. The molecule has 2 bridgehead atoms. The van der Waals surface area contributed by atoms with Gasteiger partial charge in [-0.25, -0.2) is 0 Å². The van der Waals surface area contributed by atoms with Crippen LogP contribution in [0.2, 0.25) is 0 Å². The van der Waals surface area contributed by atoms with Gasteiger partial charge in [-0.15, -0.1) is 0 Å². The fourth-order valence-electron chi connectivity index (χ4n) is 3.82. The molecule has 0 radical (unpaired) electrons. The van der Waals surface area contributed by atoms with Crippen molar-refractivity contribution in [3.05, 3.63) is 24.3 Å². The van der Waals surface area contributed by atoms with Crippen LogP contribution in [0.3, 0.4) is 0 Å². The highest BCUT2D eigenvalue weighted by Gasteiger charge is 2.45. The summed E-state index contributed by atoms with van der Waals surface area (Å²) in [4.78, 5) is 10.5. The normalized spacial score (nSPS) is 30.4. The van der Waals surface area contributed by atoms with Gasteiger partial charge < -0.3 is 20.1 Å². The molecule has 1 unspecified atom stereocenters. The molecule has 3 aliphatic rings. The zero-order valence-electron chi connectivity index (χ0n) is 15.8. The van der Waals surface area contributed by atoms with Crippen molar-refractivity contribution < 1.29 is 24.9 Å². The van der Waals surface area contributed by atoms with Gasteiger partial charge in [0.1, 0.15) is 0 Å². The Kier molecular flexibility index (Phi) is 8.82. The van der Waals surface area contributed by atoms with Gasteiger partial charge in [0.05, 0.1) is 24.4 Å². The van der Waals surface area contributed by atoms with Crippen LogP contribution in [0.5, 0.6) is 0 Å². The zero-order chi connectivity index (χ0) is 18.9. The summed E-state index contributed by atoms with van der Waals surface area (Å²) < 4.78 is 6.11. The lowest BCUT2D eigenvalue weighted by molar-refractivity contribution is -0.159. The third-order valence-corrected chi connectivity index (χ3v) is 5.63. The number of carboxylic acids is 1. The van der Waals surface area contributed by atoms with Crippen LogP contribution in [0.15, 0.2) is 24.3 Å². The van der Waals surface area contributed by atoms with Crippen molar-refractivity contribution in [2.75, 3.05) is 0 Å². The number of unbranched alkanes of at least 4 members (excludes halogenated alkanes) is 1. The second-order valence-electron chi connectivity index (χ2n) is 7.70. The van der Waals surface area contributed by atoms with Crippen molar-refractivity contribution in [3.63, 3.8) is 0 Å². The number of carboxylic acid groups (broad SMARTS) is 1. The Labute approximate surface area is 156 Å². The monoisotopic (exact) mass is 366 g/mol. The highest BCUT2D eigenvalue weighted by Crippen LogP contribution is 2.46. The van der Waals surface area contributed by atoms with E-state index in [4.69, 9.17) is 9.84 Å². The van der Waals surface area contributed by atoms with Gasteiger partial charge in [-0.3, -0.25) is 4.79 Å². The number of aliphatic carboxylic acids is 1. The first kappa shape index (κ1) is 21.1. The molecule has 148 valence electrons. The lowest BCUT2D eigenvalue weighted by atomic mass is 9.67. The van der Waals surface area contributed by atoms with E-state index in [0.717, 1.165) is 25.7 Å². The van der Waals surface area contributed by atoms with Crippen LogP contribution in [0.1, 0.15) is 64.7 Å². The van der Waals surface area contributed by atoms with E-state index in [1.54, 1.807) is 0 Å². The molecule has 26 heavy (non-hydrogen) atoms. The number of aliphatic hydroxyl groups is 2. The topological polar surface area (TPSA) is 87.0 Å². The number of allylic oxidation sites excluding steroid dienone is 2. The fourth-order valence-corrected chi connectivity index (χ4v) is 3.82. The largest absolute Gasteiger partial charge is 0.481 e. The van der Waals surface area contributed by atoms with Gasteiger partial charge in [-0.2, -0.15) is 0 Å². The molecule has 2 heterocycles.